The van der Waals surface area contributed by atoms with Crippen molar-refractivity contribution in [2.75, 3.05) is 0 Å². The van der Waals surface area contributed by atoms with Gasteiger partial charge in [-0.25, -0.2) is 0 Å². The average molecular weight is 126 g/mol. The third kappa shape index (κ3) is 9.46. The molecular weight excluding hydrogens is 119 g/mol. The minimum absolute atomic E-state index is 0. The van der Waals surface area contributed by atoms with Gasteiger partial charge in [0.1, 0.15) is 12.2 Å². The van der Waals surface area contributed by atoms with E-state index in [1.54, 1.807) is 0 Å². The van der Waals surface area contributed by atoms with Crippen molar-refractivity contribution in [3.63, 3.8) is 0 Å². The van der Waals surface area contributed by atoms with Crippen LogP contribution in [0.1, 0.15) is 14.8 Å². The Morgan fingerprint density at radius 1 is 1.62 bits per heavy atom. The fraction of sp³-hybridized carbons (Fsp3) is 0.500. The number of ketones is 1. The summed E-state index contributed by atoms with van der Waals surface area (Å²) in [5.41, 5.74) is 0. The number of carboxylic acids is 1. The molecule has 8 heavy (non-hydrogen) atoms. The maximum absolute atomic E-state index is 9.87. The van der Waals surface area contributed by atoms with Crippen LogP contribution < -0.4 is 29.6 Å². The number of carboxylic acid groups (broad SMARTS) is 1. The SMILES string of the molecule is CC(=O)CC(=O)O.[H-].[Na+]. The molecule has 42 valence electrons. The van der Waals surface area contributed by atoms with Crippen LogP contribution in [0.15, 0.2) is 0 Å². The first-order valence-corrected chi connectivity index (χ1v) is 1.84. The van der Waals surface area contributed by atoms with Crippen LogP contribution in [-0.4, -0.2) is 16.9 Å². The summed E-state index contributed by atoms with van der Waals surface area (Å²) in [4.78, 5) is 19.5. The smallest absolute Gasteiger partial charge is 1.00 e. The molecule has 0 saturated carbocycles. The zero-order valence-corrected chi connectivity index (χ0v) is 6.97. The fourth-order valence-corrected chi connectivity index (χ4v) is 0.213. The van der Waals surface area contributed by atoms with Gasteiger partial charge in [0, 0.05) is 0 Å². The van der Waals surface area contributed by atoms with Gasteiger partial charge < -0.3 is 6.53 Å². The minimum atomic E-state index is -1.06. The quantitative estimate of drug-likeness (QED) is 0.320. The summed E-state index contributed by atoms with van der Waals surface area (Å²) < 4.78 is 0. The molecule has 0 aliphatic heterocycles. The van der Waals surface area contributed by atoms with Crippen LogP contribution in [0.4, 0.5) is 0 Å². The third-order valence-corrected chi connectivity index (χ3v) is 0.400. The topological polar surface area (TPSA) is 54.4 Å². The summed E-state index contributed by atoms with van der Waals surface area (Å²) in [5, 5.41) is 7.86. The van der Waals surface area contributed by atoms with Crippen molar-refractivity contribution < 1.29 is 45.7 Å². The summed E-state index contributed by atoms with van der Waals surface area (Å²) >= 11 is 0. The Morgan fingerprint density at radius 3 is 2.00 bits per heavy atom. The average Bonchev–Trinajstić information content (AvgIpc) is 1.27. The largest absolute Gasteiger partial charge is 1.00 e. The van der Waals surface area contributed by atoms with E-state index in [1.165, 1.54) is 6.92 Å². The molecule has 4 heteroatoms. The van der Waals surface area contributed by atoms with Crippen molar-refractivity contribution in [3.05, 3.63) is 0 Å². The Labute approximate surface area is 70.8 Å². The van der Waals surface area contributed by atoms with Gasteiger partial charge in [-0.2, -0.15) is 0 Å². The second-order valence-electron chi connectivity index (χ2n) is 1.27. The molecule has 0 fully saturated rings. The van der Waals surface area contributed by atoms with Gasteiger partial charge in [-0.3, -0.25) is 9.59 Å². The van der Waals surface area contributed by atoms with E-state index >= 15 is 0 Å². The molecule has 0 aromatic carbocycles. The Kier molecular flexibility index (Phi) is 7.26. The van der Waals surface area contributed by atoms with Crippen LogP contribution in [0.2, 0.25) is 0 Å². The summed E-state index contributed by atoms with van der Waals surface area (Å²) in [6.07, 6.45) is -0.361. The molecule has 0 rings (SSSR count). The molecule has 0 aliphatic carbocycles. The van der Waals surface area contributed by atoms with E-state index in [-0.39, 0.29) is 43.2 Å². The number of aliphatic carboxylic acids is 1. The van der Waals surface area contributed by atoms with Gasteiger partial charge in [-0.15, -0.1) is 0 Å². The standard InChI is InChI=1S/C4H6O3.Na.H/c1-3(5)2-4(6)7;;/h2H2,1H3,(H,6,7);;/q;+1;-1. The summed E-state index contributed by atoms with van der Waals surface area (Å²) in [6, 6.07) is 0. The molecule has 1 N–H and O–H groups in total. The van der Waals surface area contributed by atoms with Crippen LogP contribution in [0.5, 0.6) is 0 Å². The molecule has 0 aromatic rings. The summed E-state index contributed by atoms with van der Waals surface area (Å²) in [7, 11) is 0. The minimum Gasteiger partial charge on any atom is -1.00 e. The van der Waals surface area contributed by atoms with Crippen LogP contribution in [0.25, 0.3) is 0 Å². The first kappa shape index (κ1) is 11.0. The number of carbonyl (C=O) groups excluding carboxylic acids is 1. The van der Waals surface area contributed by atoms with Crippen molar-refractivity contribution in [1.82, 2.24) is 0 Å². The number of Topliss-reactive ketones (excluding diaryl/α,β-unsaturated/α-hetero) is 1. The zero-order valence-electron chi connectivity index (χ0n) is 5.97. The molecule has 0 amide bonds. The molecule has 0 bridgehead atoms. The normalized spacial score (nSPS) is 7.12. The van der Waals surface area contributed by atoms with E-state index in [0.717, 1.165) is 0 Å². The van der Waals surface area contributed by atoms with Gasteiger partial charge in [0.15, 0.2) is 0 Å². The van der Waals surface area contributed by atoms with Gasteiger partial charge in [0.25, 0.3) is 0 Å². The van der Waals surface area contributed by atoms with Gasteiger partial charge in [-0.05, 0) is 6.92 Å². The van der Waals surface area contributed by atoms with E-state index in [0.29, 0.717) is 0 Å². The van der Waals surface area contributed by atoms with Crippen LogP contribution in [0.3, 0.4) is 0 Å². The predicted molar refractivity (Wildman–Crippen MR) is 24.0 cm³/mol. The van der Waals surface area contributed by atoms with E-state index < -0.39 is 5.97 Å². The molecular formula is C4H7NaO3. The Morgan fingerprint density at radius 2 is 2.00 bits per heavy atom. The number of rotatable bonds is 2. The summed E-state index contributed by atoms with van der Waals surface area (Å²) in [5.74, 6) is -1.37. The Bertz CT molecular complexity index is 92.0. The van der Waals surface area contributed by atoms with Crippen LogP contribution in [-0.2, 0) is 9.59 Å². The van der Waals surface area contributed by atoms with Gasteiger partial charge in [0.2, 0.25) is 0 Å². The molecule has 0 atom stereocenters. The van der Waals surface area contributed by atoms with Crippen LogP contribution in [0, 0.1) is 0 Å². The van der Waals surface area contributed by atoms with E-state index in [9.17, 15) is 9.59 Å². The second kappa shape index (κ2) is 5.28. The van der Waals surface area contributed by atoms with Crippen molar-refractivity contribution >= 4 is 11.8 Å². The maximum Gasteiger partial charge on any atom is 1.00 e. The Balaban J connectivity index is -0.000000180. The van der Waals surface area contributed by atoms with Gasteiger partial charge in [-0.1, -0.05) is 0 Å². The second-order valence-corrected chi connectivity index (χ2v) is 1.27. The zero-order chi connectivity index (χ0) is 5.86. The number of hydrogen-bond acceptors (Lipinski definition) is 2. The van der Waals surface area contributed by atoms with Crippen molar-refractivity contribution in [2.24, 2.45) is 0 Å². The molecule has 0 unspecified atom stereocenters. The molecule has 0 spiro atoms. The van der Waals surface area contributed by atoms with E-state index in [1.807, 2.05) is 0 Å². The molecule has 0 aromatic heterocycles. The van der Waals surface area contributed by atoms with E-state index in [2.05, 4.69) is 0 Å². The molecule has 0 saturated heterocycles. The third-order valence-electron chi connectivity index (χ3n) is 0.400. The van der Waals surface area contributed by atoms with Gasteiger partial charge >= 0.3 is 35.5 Å². The predicted octanol–water partition coefficient (Wildman–Crippen LogP) is -2.83. The number of hydrogen-bond donors (Lipinski definition) is 1. The van der Waals surface area contributed by atoms with Crippen molar-refractivity contribution in [3.8, 4) is 0 Å². The first-order chi connectivity index (χ1) is 3.13. The molecule has 0 aliphatic rings. The Hall–Kier alpha value is 0.140. The fourth-order valence-electron chi connectivity index (χ4n) is 0.213. The maximum atomic E-state index is 9.87. The monoisotopic (exact) mass is 126 g/mol. The molecule has 3 nitrogen and oxygen atoms in total. The van der Waals surface area contributed by atoms with Crippen molar-refractivity contribution in [1.29, 1.82) is 0 Å². The number of carbonyl (C=O) groups is 2. The summed E-state index contributed by atoms with van der Waals surface area (Å²) in [6.45, 7) is 1.24. The first-order valence-electron chi connectivity index (χ1n) is 1.84. The molecule has 0 radical (unpaired) electrons. The van der Waals surface area contributed by atoms with Gasteiger partial charge in [0.05, 0.1) is 0 Å². The van der Waals surface area contributed by atoms with Crippen LogP contribution >= 0.6 is 0 Å². The van der Waals surface area contributed by atoms with Crippen molar-refractivity contribution in [2.45, 2.75) is 13.3 Å². The molecule has 0 heterocycles. The van der Waals surface area contributed by atoms with E-state index in [4.69, 9.17) is 5.11 Å².